The topological polar surface area (TPSA) is 44.8 Å². The molecule has 0 aliphatic carbocycles. The van der Waals surface area contributed by atoms with E-state index in [0.717, 1.165) is 18.2 Å². The van der Waals surface area contributed by atoms with Gasteiger partial charge in [0.1, 0.15) is 23.4 Å². The van der Waals surface area contributed by atoms with Crippen molar-refractivity contribution in [1.82, 2.24) is 0 Å². The molecule has 30 heavy (non-hydrogen) atoms. The normalized spacial score (nSPS) is 12.6. The molecular formula is C21H19Cl2F3O4. The molecule has 0 aliphatic heterocycles. The van der Waals surface area contributed by atoms with Gasteiger partial charge in [-0.15, -0.1) is 11.6 Å². The van der Waals surface area contributed by atoms with Crippen LogP contribution < -0.4 is 9.47 Å². The van der Waals surface area contributed by atoms with E-state index >= 15 is 0 Å². The summed E-state index contributed by atoms with van der Waals surface area (Å²) in [5.74, 6) is 0.917. The molecular weight excluding hydrogens is 444 g/mol. The van der Waals surface area contributed by atoms with Crippen LogP contribution in [0.25, 0.3) is 0 Å². The van der Waals surface area contributed by atoms with E-state index in [4.69, 9.17) is 37.4 Å². The highest BCUT2D eigenvalue weighted by Crippen LogP contribution is 2.36. The van der Waals surface area contributed by atoms with E-state index in [1.165, 1.54) is 6.08 Å². The van der Waals surface area contributed by atoms with Crippen LogP contribution in [-0.2, 0) is 15.7 Å². The number of carbonyl (C=O) groups is 1. The predicted molar refractivity (Wildman–Crippen MR) is 108 cm³/mol. The fraction of sp³-hybridized carbons (Fsp3) is 0.286. The molecule has 0 heterocycles. The number of hydrogen-bond acceptors (Lipinski definition) is 4. The van der Waals surface area contributed by atoms with Crippen LogP contribution in [0.4, 0.5) is 13.2 Å². The summed E-state index contributed by atoms with van der Waals surface area (Å²) in [4.78, 5) is 11.5. The number of alkyl halides is 4. The molecule has 0 aromatic heterocycles. The highest BCUT2D eigenvalue weighted by molar-refractivity contribution is 6.32. The minimum absolute atomic E-state index is 0.0994. The van der Waals surface area contributed by atoms with Gasteiger partial charge in [0.15, 0.2) is 0 Å². The lowest BCUT2D eigenvalue weighted by Gasteiger charge is -2.13. The standard InChI is InChI=1S/C21H19Cl2F3O4/c1-14(3-10-20(27)28-12-2-11-22)29-16-5-7-17(8-6-16)30-19-9-4-15(13-18(19)23)21(24,25)26/h3-10,13-14H,2,11-12H2,1H3/b10-3+. The first-order chi connectivity index (χ1) is 14.2. The molecule has 0 amide bonds. The number of halogens is 5. The fourth-order valence-corrected chi connectivity index (χ4v) is 2.54. The Kier molecular flexibility index (Phi) is 8.87. The van der Waals surface area contributed by atoms with Gasteiger partial charge < -0.3 is 14.2 Å². The van der Waals surface area contributed by atoms with Crippen LogP contribution >= 0.6 is 23.2 Å². The zero-order valence-corrected chi connectivity index (χ0v) is 17.4. The van der Waals surface area contributed by atoms with Gasteiger partial charge in [-0.05, 0) is 61.9 Å². The van der Waals surface area contributed by atoms with Crippen molar-refractivity contribution in [3.05, 3.63) is 65.2 Å². The van der Waals surface area contributed by atoms with Crippen molar-refractivity contribution in [2.24, 2.45) is 0 Å². The number of benzene rings is 2. The van der Waals surface area contributed by atoms with Gasteiger partial charge in [-0.25, -0.2) is 4.79 Å². The summed E-state index contributed by atoms with van der Waals surface area (Å²) in [6.07, 6.45) is -1.47. The molecule has 2 aromatic carbocycles. The summed E-state index contributed by atoms with van der Waals surface area (Å²) >= 11 is 11.4. The molecule has 1 unspecified atom stereocenters. The molecule has 0 aliphatic rings. The van der Waals surface area contributed by atoms with Crippen LogP contribution in [0.1, 0.15) is 18.9 Å². The Morgan fingerprint density at radius 1 is 1.13 bits per heavy atom. The molecule has 0 bridgehead atoms. The highest BCUT2D eigenvalue weighted by atomic mass is 35.5. The summed E-state index contributed by atoms with van der Waals surface area (Å²) < 4.78 is 54.2. The molecule has 0 N–H and O–H groups in total. The van der Waals surface area contributed by atoms with E-state index in [9.17, 15) is 18.0 Å². The van der Waals surface area contributed by atoms with Crippen molar-refractivity contribution >= 4 is 29.2 Å². The quantitative estimate of drug-likeness (QED) is 0.181. The summed E-state index contributed by atoms with van der Waals surface area (Å²) in [7, 11) is 0. The number of esters is 1. The summed E-state index contributed by atoms with van der Waals surface area (Å²) in [5, 5.41) is -0.151. The first kappa shape index (κ1) is 23.9. The van der Waals surface area contributed by atoms with Crippen molar-refractivity contribution in [2.75, 3.05) is 12.5 Å². The largest absolute Gasteiger partial charge is 0.487 e. The summed E-state index contributed by atoms with van der Waals surface area (Å²) in [6, 6.07) is 9.28. The monoisotopic (exact) mass is 462 g/mol. The number of carbonyl (C=O) groups excluding carboxylic acids is 1. The van der Waals surface area contributed by atoms with Crippen molar-refractivity contribution in [1.29, 1.82) is 0 Å². The molecule has 0 spiro atoms. The SMILES string of the molecule is CC(/C=C/C(=O)OCCCCl)Oc1ccc(Oc2ccc(C(F)(F)F)cc2Cl)cc1. The van der Waals surface area contributed by atoms with Crippen LogP contribution in [0, 0.1) is 0 Å². The Morgan fingerprint density at radius 2 is 1.80 bits per heavy atom. The Labute approximate surface area is 182 Å². The van der Waals surface area contributed by atoms with Crippen molar-refractivity contribution in [2.45, 2.75) is 25.6 Å². The second-order valence-electron chi connectivity index (χ2n) is 6.11. The van der Waals surface area contributed by atoms with Gasteiger partial charge in [0, 0.05) is 12.0 Å². The van der Waals surface area contributed by atoms with Gasteiger partial charge in [-0.1, -0.05) is 11.6 Å². The third kappa shape index (κ3) is 7.80. The zero-order chi connectivity index (χ0) is 22.1. The first-order valence-corrected chi connectivity index (χ1v) is 9.82. The van der Waals surface area contributed by atoms with E-state index in [1.54, 1.807) is 37.3 Å². The maximum Gasteiger partial charge on any atom is 0.416 e. The Hall–Kier alpha value is -2.38. The first-order valence-electron chi connectivity index (χ1n) is 8.91. The van der Waals surface area contributed by atoms with E-state index in [0.29, 0.717) is 23.8 Å². The highest BCUT2D eigenvalue weighted by Gasteiger charge is 2.31. The summed E-state index contributed by atoms with van der Waals surface area (Å²) in [5.41, 5.74) is -0.853. The molecule has 0 saturated carbocycles. The van der Waals surface area contributed by atoms with Crippen LogP contribution in [0.3, 0.4) is 0 Å². The van der Waals surface area contributed by atoms with E-state index in [1.807, 2.05) is 0 Å². The molecule has 2 aromatic rings. The average Bonchev–Trinajstić information content (AvgIpc) is 2.69. The third-order valence-corrected chi connectivity index (χ3v) is 4.22. The number of ether oxygens (including phenoxy) is 3. The van der Waals surface area contributed by atoms with Gasteiger partial charge in [0.2, 0.25) is 0 Å². The molecule has 4 nitrogen and oxygen atoms in total. The second-order valence-corrected chi connectivity index (χ2v) is 6.89. The summed E-state index contributed by atoms with van der Waals surface area (Å²) in [6.45, 7) is 2.00. The lowest BCUT2D eigenvalue weighted by Crippen LogP contribution is -2.10. The van der Waals surface area contributed by atoms with Crippen LogP contribution in [-0.4, -0.2) is 24.6 Å². The molecule has 162 valence electrons. The van der Waals surface area contributed by atoms with Crippen molar-refractivity contribution < 1.29 is 32.2 Å². The predicted octanol–water partition coefficient (Wildman–Crippen LogP) is 6.65. The number of rotatable bonds is 9. The minimum atomic E-state index is -4.48. The molecule has 0 radical (unpaired) electrons. The molecule has 0 saturated heterocycles. The number of hydrogen-bond donors (Lipinski definition) is 0. The minimum Gasteiger partial charge on any atom is -0.487 e. The average molecular weight is 463 g/mol. The lowest BCUT2D eigenvalue weighted by atomic mass is 10.2. The molecule has 9 heteroatoms. The third-order valence-electron chi connectivity index (χ3n) is 3.66. The zero-order valence-electron chi connectivity index (χ0n) is 15.9. The van der Waals surface area contributed by atoms with Gasteiger partial charge in [-0.2, -0.15) is 13.2 Å². The maximum atomic E-state index is 12.7. The van der Waals surface area contributed by atoms with Gasteiger partial charge in [0.25, 0.3) is 0 Å². The lowest BCUT2D eigenvalue weighted by molar-refractivity contribution is -0.138. The van der Waals surface area contributed by atoms with E-state index in [2.05, 4.69) is 0 Å². The smallest absolute Gasteiger partial charge is 0.416 e. The van der Waals surface area contributed by atoms with Gasteiger partial charge in [-0.3, -0.25) is 0 Å². The van der Waals surface area contributed by atoms with E-state index < -0.39 is 23.8 Å². The molecule has 0 fully saturated rings. The van der Waals surface area contributed by atoms with Crippen LogP contribution in [0.5, 0.6) is 17.2 Å². The van der Waals surface area contributed by atoms with Crippen molar-refractivity contribution in [3.8, 4) is 17.2 Å². The van der Waals surface area contributed by atoms with Crippen molar-refractivity contribution in [3.63, 3.8) is 0 Å². The molecule has 1 atom stereocenters. The maximum absolute atomic E-state index is 12.7. The Balaban J connectivity index is 1.91. The van der Waals surface area contributed by atoms with Gasteiger partial charge >= 0.3 is 12.1 Å². The molecule has 2 rings (SSSR count). The van der Waals surface area contributed by atoms with Crippen LogP contribution in [0.2, 0.25) is 5.02 Å². The fourth-order valence-electron chi connectivity index (χ4n) is 2.22. The van der Waals surface area contributed by atoms with E-state index in [-0.39, 0.29) is 17.4 Å². The Bertz CT molecular complexity index is 868. The second kappa shape index (κ2) is 11.1. The van der Waals surface area contributed by atoms with Crippen LogP contribution in [0.15, 0.2) is 54.6 Å². The van der Waals surface area contributed by atoms with Gasteiger partial charge in [0.05, 0.1) is 17.2 Å². The Morgan fingerprint density at radius 3 is 2.40 bits per heavy atom.